The summed E-state index contributed by atoms with van der Waals surface area (Å²) >= 11 is 0. The molecule has 1 atom stereocenters. The third-order valence-electron chi connectivity index (χ3n) is 2.65. The van der Waals surface area contributed by atoms with E-state index in [1.807, 2.05) is 0 Å². The predicted molar refractivity (Wildman–Crippen MR) is 51.5 cm³/mol. The monoisotopic (exact) mass is 207 g/mol. The van der Waals surface area contributed by atoms with Crippen LogP contribution in [0.25, 0.3) is 0 Å². The molecule has 0 aromatic heterocycles. The lowest BCUT2D eigenvalue weighted by molar-refractivity contribution is -0.137. The summed E-state index contributed by atoms with van der Waals surface area (Å²) in [7, 11) is 1.47. The minimum absolute atomic E-state index is 0.182. The Bertz CT molecular complexity index is 413. The number of rotatable bonds is 1. The van der Waals surface area contributed by atoms with Crippen LogP contribution in [0.1, 0.15) is 17.9 Å². The van der Waals surface area contributed by atoms with Crippen LogP contribution >= 0.6 is 0 Å². The standard InChI is InChI=1S/C11H10FNO2/c1-13-10(14)6-9(11(13)15)7-2-4-8(12)5-3-7/h2-5,9H,6H2,1H3/t9-/m1/s1. The Labute approximate surface area is 86.5 Å². The lowest BCUT2D eigenvalue weighted by Crippen LogP contribution is -2.25. The summed E-state index contributed by atoms with van der Waals surface area (Å²) in [5.41, 5.74) is 0.694. The van der Waals surface area contributed by atoms with Crippen LogP contribution < -0.4 is 0 Å². The van der Waals surface area contributed by atoms with E-state index in [0.717, 1.165) is 4.90 Å². The van der Waals surface area contributed by atoms with Gasteiger partial charge >= 0.3 is 0 Å². The third kappa shape index (κ3) is 1.63. The molecule has 0 saturated carbocycles. The Morgan fingerprint density at radius 2 is 1.87 bits per heavy atom. The molecule has 0 radical (unpaired) electrons. The molecule has 4 heteroatoms. The highest BCUT2D eigenvalue weighted by atomic mass is 19.1. The van der Waals surface area contributed by atoms with E-state index in [0.29, 0.717) is 5.56 Å². The third-order valence-corrected chi connectivity index (χ3v) is 2.65. The minimum Gasteiger partial charge on any atom is -0.285 e. The van der Waals surface area contributed by atoms with Crippen molar-refractivity contribution < 1.29 is 14.0 Å². The van der Waals surface area contributed by atoms with Gasteiger partial charge in [0.25, 0.3) is 0 Å². The zero-order valence-corrected chi connectivity index (χ0v) is 8.24. The Morgan fingerprint density at radius 1 is 1.27 bits per heavy atom. The normalized spacial score (nSPS) is 21.2. The van der Waals surface area contributed by atoms with Crippen LogP contribution in [0.5, 0.6) is 0 Å². The molecule has 78 valence electrons. The molecule has 1 heterocycles. The van der Waals surface area contributed by atoms with Crippen molar-refractivity contribution in [3.8, 4) is 0 Å². The maximum absolute atomic E-state index is 12.7. The van der Waals surface area contributed by atoms with E-state index in [-0.39, 0.29) is 24.1 Å². The summed E-state index contributed by atoms with van der Waals surface area (Å²) in [5, 5.41) is 0. The highest BCUT2D eigenvalue weighted by Gasteiger charge is 2.36. The number of carbonyl (C=O) groups is 2. The van der Waals surface area contributed by atoms with Gasteiger partial charge in [0.05, 0.1) is 5.92 Å². The minimum atomic E-state index is -0.442. The smallest absolute Gasteiger partial charge is 0.236 e. The molecule has 3 nitrogen and oxygen atoms in total. The van der Waals surface area contributed by atoms with Crippen LogP contribution in [-0.4, -0.2) is 23.8 Å². The molecular weight excluding hydrogens is 197 g/mol. The number of amides is 2. The second-order valence-corrected chi connectivity index (χ2v) is 3.60. The molecule has 1 aromatic rings. The van der Waals surface area contributed by atoms with E-state index in [9.17, 15) is 14.0 Å². The Hall–Kier alpha value is -1.71. The fourth-order valence-corrected chi connectivity index (χ4v) is 1.71. The summed E-state index contributed by atoms with van der Waals surface area (Å²) in [6.07, 6.45) is 0.182. The molecule has 1 saturated heterocycles. The van der Waals surface area contributed by atoms with Crippen molar-refractivity contribution >= 4 is 11.8 Å². The maximum atomic E-state index is 12.7. The van der Waals surface area contributed by atoms with Gasteiger partial charge in [0.2, 0.25) is 11.8 Å². The van der Waals surface area contributed by atoms with E-state index in [1.54, 1.807) is 12.1 Å². The van der Waals surface area contributed by atoms with Crippen LogP contribution in [0.4, 0.5) is 4.39 Å². The number of halogens is 1. The molecule has 0 aliphatic carbocycles. The van der Waals surface area contributed by atoms with Gasteiger partial charge in [0, 0.05) is 13.5 Å². The zero-order chi connectivity index (χ0) is 11.0. The van der Waals surface area contributed by atoms with Gasteiger partial charge in [-0.3, -0.25) is 14.5 Å². The van der Waals surface area contributed by atoms with E-state index in [1.165, 1.54) is 19.2 Å². The molecule has 0 spiro atoms. The van der Waals surface area contributed by atoms with Crippen LogP contribution in [0.3, 0.4) is 0 Å². The van der Waals surface area contributed by atoms with E-state index < -0.39 is 5.92 Å². The highest BCUT2D eigenvalue weighted by molar-refractivity contribution is 6.05. The molecule has 1 aliphatic heterocycles. The van der Waals surface area contributed by atoms with Crippen LogP contribution in [0, 0.1) is 5.82 Å². The Balaban J connectivity index is 2.29. The fraction of sp³-hybridized carbons (Fsp3) is 0.273. The number of likely N-dealkylation sites (tertiary alicyclic amines) is 1. The van der Waals surface area contributed by atoms with E-state index in [2.05, 4.69) is 0 Å². The molecule has 0 N–H and O–H groups in total. The van der Waals surface area contributed by atoms with E-state index in [4.69, 9.17) is 0 Å². The average molecular weight is 207 g/mol. The molecule has 15 heavy (non-hydrogen) atoms. The summed E-state index contributed by atoms with van der Waals surface area (Å²) in [4.78, 5) is 24.0. The van der Waals surface area contributed by atoms with Crippen LogP contribution in [0.2, 0.25) is 0 Å². The fourth-order valence-electron chi connectivity index (χ4n) is 1.71. The molecule has 1 aromatic carbocycles. The molecule has 0 unspecified atom stereocenters. The second-order valence-electron chi connectivity index (χ2n) is 3.60. The van der Waals surface area contributed by atoms with E-state index >= 15 is 0 Å². The van der Waals surface area contributed by atoms with Gasteiger partial charge in [0.1, 0.15) is 5.82 Å². The van der Waals surface area contributed by atoms with Gasteiger partial charge in [-0.1, -0.05) is 12.1 Å². The van der Waals surface area contributed by atoms with Gasteiger partial charge in [0.15, 0.2) is 0 Å². The van der Waals surface area contributed by atoms with Crippen molar-refractivity contribution in [1.29, 1.82) is 0 Å². The Morgan fingerprint density at radius 3 is 2.33 bits per heavy atom. The first kappa shape index (κ1) is 9.83. The largest absolute Gasteiger partial charge is 0.285 e. The number of imide groups is 1. The highest BCUT2D eigenvalue weighted by Crippen LogP contribution is 2.28. The van der Waals surface area contributed by atoms with Crippen molar-refractivity contribution in [3.05, 3.63) is 35.6 Å². The first-order chi connectivity index (χ1) is 7.09. The first-order valence-corrected chi connectivity index (χ1v) is 4.65. The average Bonchev–Trinajstić information content (AvgIpc) is 2.47. The number of benzene rings is 1. The number of hydrogen-bond donors (Lipinski definition) is 0. The second kappa shape index (κ2) is 3.46. The lowest BCUT2D eigenvalue weighted by atomic mass is 9.98. The number of hydrogen-bond acceptors (Lipinski definition) is 2. The van der Waals surface area contributed by atoms with Gasteiger partial charge in [-0.25, -0.2) is 4.39 Å². The first-order valence-electron chi connectivity index (χ1n) is 4.65. The van der Waals surface area contributed by atoms with Crippen LogP contribution in [0.15, 0.2) is 24.3 Å². The zero-order valence-electron chi connectivity index (χ0n) is 8.24. The SMILES string of the molecule is CN1C(=O)C[C@H](c2ccc(F)cc2)C1=O. The van der Waals surface area contributed by atoms with Gasteiger partial charge in [-0.2, -0.15) is 0 Å². The van der Waals surface area contributed by atoms with Crippen molar-refractivity contribution in [2.75, 3.05) is 7.05 Å². The number of likely N-dealkylation sites (N-methyl/N-ethyl adjacent to an activating group) is 1. The number of carbonyl (C=O) groups excluding carboxylic acids is 2. The quantitative estimate of drug-likeness (QED) is 0.651. The lowest BCUT2D eigenvalue weighted by Gasteiger charge is -2.08. The summed E-state index contributed by atoms with van der Waals surface area (Å²) in [6, 6.07) is 5.69. The molecular formula is C11H10FNO2. The van der Waals surface area contributed by atoms with Gasteiger partial charge in [-0.15, -0.1) is 0 Å². The molecule has 2 rings (SSSR count). The van der Waals surface area contributed by atoms with Gasteiger partial charge in [-0.05, 0) is 17.7 Å². The van der Waals surface area contributed by atoms with Crippen molar-refractivity contribution in [2.24, 2.45) is 0 Å². The number of nitrogens with zero attached hydrogens (tertiary/aromatic N) is 1. The topological polar surface area (TPSA) is 37.4 Å². The van der Waals surface area contributed by atoms with Crippen LogP contribution in [-0.2, 0) is 9.59 Å². The molecule has 0 bridgehead atoms. The van der Waals surface area contributed by atoms with Gasteiger partial charge < -0.3 is 0 Å². The van der Waals surface area contributed by atoms with Crippen molar-refractivity contribution in [1.82, 2.24) is 4.90 Å². The molecule has 1 aliphatic rings. The summed E-state index contributed by atoms with van der Waals surface area (Å²) in [5.74, 6) is -1.19. The predicted octanol–water partition coefficient (Wildman–Crippen LogP) is 1.30. The molecule has 1 fully saturated rings. The molecule has 2 amide bonds. The summed E-state index contributed by atoms with van der Waals surface area (Å²) < 4.78 is 12.7. The van der Waals surface area contributed by atoms with Crippen molar-refractivity contribution in [2.45, 2.75) is 12.3 Å². The summed E-state index contributed by atoms with van der Waals surface area (Å²) in [6.45, 7) is 0. The maximum Gasteiger partial charge on any atom is 0.236 e. The van der Waals surface area contributed by atoms with Crippen molar-refractivity contribution in [3.63, 3.8) is 0 Å². The Kier molecular flexibility index (Phi) is 2.26.